The number of amides is 1. The van der Waals surface area contributed by atoms with E-state index in [0.29, 0.717) is 30.3 Å². The van der Waals surface area contributed by atoms with Crippen molar-refractivity contribution in [3.63, 3.8) is 0 Å². The molecule has 8 nitrogen and oxygen atoms in total. The van der Waals surface area contributed by atoms with Gasteiger partial charge in [-0.15, -0.1) is 0 Å². The summed E-state index contributed by atoms with van der Waals surface area (Å²) in [6, 6.07) is 6.29. The summed E-state index contributed by atoms with van der Waals surface area (Å²) in [5, 5.41) is 10.7. The van der Waals surface area contributed by atoms with E-state index >= 15 is 0 Å². The number of ketones is 1. The lowest BCUT2D eigenvalue weighted by molar-refractivity contribution is -0.122. The molecule has 8 heteroatoms. The van der Waals surface area contributed by atoms with E-state index in [1.165, 1.54) is 15.8 Å². The van der Waals surface area contributed by atoms with Crippen molar-refractivity contribution < 1.29 is 19.4 Å². The SMILES string of the molecule is CCOC(=O)N1CCC[C@H](O)[C@H]1CC(=O)Cn1cnc2ccccc2c1=O. The van der Waals surface area contributed by atoms with Crippen molar-refractivity contribution >= 4 is 22.8 Å². The number of fused-ring (bicyclic) bond motifs is 1. The minimum Gasteiger partial charge on any atom is -0.450 e. The lowest BCUT2D eigenvalue weighted by atomic mass is 9.95. The Balaban J connectivity index is 1.75. The van der Waals surface area contributed by atoms with Crippen molar-refractivity contribution in [3.05, 3.63) is 40.9 Å². The van der Waals surface area contributed by atoms with Gasteiger partial charge >= 0.3 is 6.09 Å². The highest BCUT2D eigenvalue weighted by molar-refractivity contribution is 5.81. The number of ether oxygens (including phenoxy) is 1. The molecule has 0 bridgehead atoms. The molecule has 1 fully saturated rings. The Labute approximate surface area is 156 Å². The van der Waals surface area contributed by atoms with Gasteiger partial charge in [0.25, 0.3) is 5.56 Å². The maximum absolute atomic E-state index is 12.6. The molecule has 144 valence electrons. The quantitative estimate of drug-likeness (QED) is 0.849. The lowest BCUT2D eigenvalue weighted by Gasteiger charge is -2.37. The summed E-state index contributed by atoms with van der Waals surface area (Å²) in [7, 11) is 0. The zero-order chi connectivity index (χ0) is 19.4. The molecule has 1 aliphatic rings. The standard InChI is InChI=1S/C19H23N3O5/c1-2-27-19(26)22-9-5-8-17(24)16(22)10-13(23)11-21-12-20-15-7-4-3-6-14(15)18(21)25/h3-4,6-7,12,16-17,24H,2,5,8-11H2,1H3/t16-,17+/m1/s1. The van der Waals surface area contributed by atoms with Gasteiger partial charge in [0, 0.05) is 13.0 Å². The molecule has 1 aromatic carbocycles. The Bertz CT molecular complexity index is 894. The molecule has 0 spiro atoms. The molecule has 2 atom stereocenters. The second kappa shape index (κ2) is 8.30. The van der Waals surface area contributed by atoms with Crippen LogP contribution in [-0.4, -0.2) is 56.7 Å². The minimum atomic E-state index is -0.793. The molecule has 0 unspecified atom stereocenters. The van der Waals surface area contributed by atoms with E-state index in [1.54, 1.807) is 31.2 Å². The molecule has 27 heavy (non-hydrogen) atoms. The first kappa shape index (κ1) is 19.0. The minimum absolute atomic E-state index is 0.0424. The molecule has 1 aliphatic heterocycles. The summed E-state index contributed by atoms with van der Waals surface area (Å²) in [6.45, 7) is 2.21. The molecule has 1 saturated heterocycles. The van der Waals surface area contributed by atoms with Crippen LogP contribution in [-0.2, 0) is 16.1 Å². The van der Waals surface area contributed by atoms with Crippen molar-refractivity contribution in [2.75, 3.05) is 13.2 Å². The van der Waals surface area contributed by atoms with Crippen LogP contribution in [0.1, 0.15) is 26.2 Å². The molecule has 3 rings (SSSR count). The Morgan fingerprint density at radius 3 is 2.89 bits per heavy atom. The average Bonchev–Trinajstić information content (AvgIpc) is 2.66. The first-order chi connectivity index (χ1) is 13.0. The number of para-hydroxylation sites is 1. The van der Waals surface area contributed by atoms with E-state index in [2.05, 4.69) is 4.98 Å². The molecule has 0 saturated carbocycles. The first-order valence-electron chi connectivity index (χ1n) is 9.08. The lowest BCUT2D eigenvalue weighted by Crippen LogP contribution is -2.52. The summed E-state index contributed by atoms with van der Waals surface area (Å²) in [4.78, 5) is 42.8. The van der Waals surface area contributed by atoms with Crippen molar-refractivity contribution in [1.29, 1.82) is 0 Å². The smallest absolute Gasteiger partial charge is 0.410 e. The van der Waals surface area contributed by atoms with Crippen molar-refractivity contribution in [1.82, 2.24) is 14.5 Å². The number of hydrogen-bond acceptors (Lipinski definition) is 6. The van der Waals surface area contributed by atoms with Crippen LogP contribution in [0, 0.1) is 0 Å². The van der Waals surface area contributed by atoms with Crippen molar-refractivity contribution in [3.8, 4) is 0 Å². The van der Waals surface area contributed by atoms with Crippen LogP contribution in [0.5, 0.6) is 0 Å². The van der Waals surface area contributed by atoms with Crippen LogP contribution in [0.15, 0.2) is 35.4 Å². The molecule has 1 amide bonds. The fraction of sp³-hybridized carbons (Fsp3) is 0.474. The zero-order valence-electron chi connectivity index (χ0n) is 15.2. The third-order valence-corrected chi connectivity index (χ3v) is 4.76. The number of aliphatic hydroxyl groups excluding tert-OH is 1. The van der Waals surface area contributed by atoms with Gasteiger partial charge in [-0.25, -0.2) is 9.78 Å². The Morgan fingerprint density at radius 1 is 1.33 bits per heavy atom. The third kappa shape index (κ3) is 4.16. The largest absolute Gasteiger partial charge is 0.450 e. The van der Waals surface area contributed by atoms with Crippen LogP contribution in [0.3, 0.4) is 0 Å². The van der Waals surface area contributed by atoms with Gasteiger partial charge in [0.05, 0.1) is 42.5 Å². The van der Waals surface area contributed by atoms with Gasteiger partial charge in [-0.2, -0.15) is 0 Å². The molecule has 2 heterocycles. The van der Waals surface area contributed by atoms with E-state index in [1.807, 2.05) is 0 Å². The highest BCUT2D eigenvalue weighted by atomic mass is 16.6. The third-order valence-electron chi connectivity index (χ3n) is 4.76. The zero-order valence-corrected chi connectivity index (χ0v) is 15.2. The molecule has 0 radical (unpaired) electrons. The Kier molecular flexibility index (Phi) is 5.85. The van der Waals surface area contributed by atoms with E-state index in [4.69, 9.17) is 4.74 Å². The summed E-state index contributed by atoms with van der Waals surface area (Å²) < 4.78 is 6.28. The second-order valence-electron chi connectivity index (χ2n) is 6.61. The van der Waals surface area contributed by atoms with Crippen LogP contribution in [0.4, 0.5) is 4.79 Å². The number of rotatable bonds is 5. The number of carbonyl (C=O) groups excluding carboxylic acids is 2. The fourth-order valence-corrected chi connectivity index (χ4v) is 3.42. The van der Waals surface area contributed by atoms with E-state index in [0.717, 1.165) is 0 Å². The number of carbonyl (C=O) groups is 2. The first-order valence-corrected chi connectivity index (χ1v) is 9.08. The number of Topliss-reactive ketones (excluding diaryl/α,β-unsaturated/α-hetero) is 1. The summed E-state index contributed by atoms with van der Waals surface area (Å²) in [5.41, 5.74) is 0.280. The number of nitrogens with zero attached hydrogens (tertiary/aromatic N) is 3. The van der Waals surface area contributed by atoms with E-state index in [9.17, 15) is 19.5 Å². The molecular formula is C19H23N3O5. The normalized spacial score (nSPS) is 19.9. The van der Waals surface area contributed by atoms with Crippen LogP contribution < -0.4 is 5.56 Å². The number of hydrogen-bond donors (Lipinski definition) is 1. The predicted molar refractivity (Wildman–Crippen MR) is 98.4 cm³/mol. The maximum Gasteiger partial charge on any atom is 0.410 e. The van der Waals surface area contributed by atoms with E-state index in [-0.39, 0.29) is 30.9 Å². The van der Waals surface area contributed by atoms with Gasteiger partial charge in [0.1, 0.15) is 0 Å². The van der Waals surface area contributed by atoms with Gasteiger partial charge in [0.15, 0.2) is 5.78 Å². The highest BCUT2D eigenvalue weighted by Gasteiger charge is 2.35. The van der Waals surface area contributed by atoms with Gasteiger partial charge in [-0.3, -0.25) is 14.2 Å². The van der Waals surface area contributed by atoms with Crippen molar-refractivity contribution in [2.24, 2.45) is 0 Å². The number of piperidine rings is 1. The molecule has 1 N–H and O–H groups in total. The average molecular weight is 373 g/mol. The molecular weight excluding hydrogens is 350 g/mol. The van der Waals surface area contributed by atoms with Gasteiger partial charge < -0.3 is 14.7 Å². The molecule has 0 aliphatic carbocycles. The highest BCUT2D eigenvalue weighted by Crippen LogP contribution is 2.22. The van der Waals surface area contributed by atoms with Gasteiger partial charge in [-0.1, -0.05) is 12.1 Å². The number of aromatic nitrogens is 2. The second-order valence-corrected chi connectivity index (χ2v) is 6.61. The van der Waals surface area contributed by atoms with Crippen LogP contribution >= 0.6 is 0 Å². The van der Waals surface area contributed by atoms with Gasteiger partial charge in [-0.05, 0) is 31.9 Å². The number of aliphatic hydroxyl groups is 1. The topological polar surface area (TPSA) is 102 Å². The summed E-state index contributed by atoms with van der Waals surface area (Å²) in [6.07, 6.45) is 1.16. The molecule has 2 aromatic rings. The van der Waals surface area contributed by atoms with Crippen molar-refractivity contribution in [2.45, 2.75) is 44.9 Å². The predicted octanol–water partition coefficient (Wildman–Crippen LogP) is 1.34. The maximum atomic E-state index is 12.6. The van der Waals surface area contributed by atoms with Crippen LogP contribution in [0.2, 0.25) is 0 Å². The number of benzene rings is 1. The Hall–Kier alpha value is -2.74. The summed E-state index contributed by atoms with van der Waals surface area (Å²) >= 11 is 0. The van der Waals surface area contributed by atoms with E-state index < -0.39 is 18.2 Å². The molecule has 1 aromatic heterocycles. The summed E-state index contributed by atoms with van der Waals surface area (Å²) in [5.74, 6) is -0.255. The fourth-order valence-electron chi connectivity index (χ4n) is 3.42. The van der Waals surface area contributed by atoms with Gasteiger partial charge in [0.2, 0.25) is 0 Å². The number of likely N-dealkylation sites (tertiary alicyclic amines) is 1. The monoisotopic (exact) mass is 373 g/mol. The van der Waals surface area contributed by atoms with Crippen LogP contribution in [0.25, 0.3) is 10.9 Å². The Morgan fingerprint density at radius 2 is 2.11 bits per heavy atom.